The van der Waals surface area contributed by atoms with Gasteiger partial charge in [-0.05, 0) is 19.3 Å². The Morgan fingerprint density at radius 2 is 2.13 bits per heavy atom. The average molecular weight is 216 g/mol. The zero-order chi connectivity index (χ0) is 10.9. The molecule has 1 aliphatic carbocycles. The van der Waals surface area contributed by atoms with Gasteiger partial charge in [0.2, 0.25) is 0 Å². The van der Waals surface area contributed by atoms with Crippen LogP contribution in [0.2, 0.25) is 0 Å². The normalized spacial score (nSPS) is 15.0. The van der Waals surface area contributed by atoms with Crippen LogP contribution in [0.5, 0.6) is 0 Å². The summed E-state index contributed by atoms with van der Waals surface area (Å²) >= 11 is 0. The Morgan fingerprint density at radius 1 is 1.33 bits per heavy atom. The number of hydrogen-bond donors (Lipinski definition) is 2. The van der Waals surface area contributed by atoms with Crippen LogP contribution in [-0.2, 0) is 9.47 Å². The van der Waals surface area contributed by atoms with Gasteiger partial charge in [0, 0.05) is 26.3 Å². The van der Waals surface area contributed by atoms with Crippen molar-refractivity contribution in [1.29, 1.82) is 0 Å². The average Bonchev–Trinajstić information content (AvgIpc) is 3.00. The van der Waals surface area contributed by atoms with E-state index in [0.717, 1.165) is 19.3 Å². The minimum Gasteiger partial charge on any atom is -0.382 e. The molecule has 0 radical (unpaired) electrons. The number of carbonyl (C=O) groups is 1. The molecule has 0 saturated heterocycles. The van der Waals surface area contributed by atoms with Crippen LogP contribution in [0, 0.1) is 0 Å². The summed E-state index contributed by atoms with van der Waals surface area (Å²) in [7, 11) is 1.65. The molecule has 0 aromatic heterocycles. The van der Waals surface area contributed by atoms with Gasteiger partial charge >= 0.3 is 6.03 Å². The number of ether oxygens (including phenoxy) is 2. The van der Waals surface area contributed by atoms with Crippen LogP contribution < -0.4 is 10.6 Å². The van der Waals surface area contributed by atoms with Crippen molar-refractivity contribution < 1.29 is 14.3 Å². The van der Waals surface area contributed by atoms with E-state index in [1.165, 1.54) is 0 Å². The van der Waals surface area contributed by atoms with Crippen LogP contribution in [0.1, 0.15) is 19.3 Å². The third-order valence-corrected chi connectivity index (χ3v) is 2.10. The minimum absolute atomic E-state index is 0.0607. The van der Waals surface area contributed by atoms with Gasteiger partial charge in [-0.2, -0.15) is 0 Å². The molecule has 1 rings (SSSR count). The summed E-state index contributed by atoms with van der Waals surface area (Å²) < 4.78 is 10.1. The molecular weight excluding hydrogens is 196 g/mol. The van der Waals surface area contributed by atoms with Gasteiger partial charge in [0.05, 0.1) is 13.2 Å². The first kappa shape index (κ1) is 12.3. The molecule has 88 valence electrons. The molecule has 5 nitrogen and oxygen atoms in total. The van der Waals surface area contributed by atoms with E-state index < -0.39 is 0 Å². The van der Waals surface area contributed by atoms with Gasteiger partial charge in [-0.3, -0.25) is 0 Å². The van der Waals surface area contributed by atoms with E-state index in [9.17, 15) is 4.79 Å². The maximum absolute atomic E-state index is 11.1. The van der Waals surface area contributed by atoms with Crippen molar-refractivity contribution >= 4 is 6.03 Å². The van der Waals surface area contributed by atoms with E-state index in [2.05, 4.69) is 10.6 Å². The topological polar surface area (TPSA) is 59.6 Å². The first-order valence-electron chi connectivity index (χ1n) is 5.44. The van der Waals surface area contributed by atoms with Gasteiger partial charge in [-0.15, -0.1) is 0 Å². The predicted molar refractivity (Wildman–Crippen MR) is 56.9 cm³/mol. The molecule has 1 fully saturated rings. The quantitative estimate of drug-likeness (QED) is 0.581. The zero-order valence-electron chi connectivity index (χ0n) is 9.25. The molecule has 0 aliphatic heterocycles. The molecule has 1 aliphatic rings. The lowest BCUT2D eigenvalue weighted by Crippen LogP contribution is -2.37. The Balaban J connectivity index is 1.77. The fourth-order valence-electron chi connectivity index (χ4n) is 1.08. The van der Waals surface area contributed by atoms with Crippen molar-refractivity contribution in [3.05, 3.63) is 0 Å². The van der Waals surface area contributed by atoms with Crippen molar-refractivity contribution in [3.8, 4) is 0 Å². The lowest BCUT2D eigenvalue weighted by molar-refractivity contribution is 0.0697. The predicted octanol–water partition coefficient (Wildman–Crippen LogP) is 0.501. The third kappa shape index (κ3) is 7.16. The summed E-state index contributed by atoms with van der Waals surface area (Å²) in [5.41, 5.74) is 0. The molecule has 0 unspecified atom stereocenters. The summed E-state index contributed by atoms with van der Waals surface area (Å²) in [6.45, 7) is 2.55. The monoisotopic (exact) mass is 216 g/mol. The largest absolute Gasteiger partial charge is 0.382 e. The Morgan fingerprint density at radius 3 is 2.80 bits per heavy atom. The van der Waals surface area contributed by atoms with E-state index in [0.29, 0.717) is 32.4 Å². The smallest absolute Gasteiger partial charge is 0.315 e. The zero-order valence-corrected chi connectivity index (χ0v) is 9.25. The minimum atomic E-state index is -0.0607. The Kier molecular flexibility index (Phi) is 6.11. The summed E-state index contributed by atoms with van der Waals surface area (Å²) in [6, 6.07) is 0.359. The van der Waals surface area contributed by atoms with Gasteiger partial charge in [0.25, 0.3) is 0 Å². The Hall–Kier alpha value is -0.810. The third-order valence-electron chi connectivity index (χ3n) is 2.10. The number of rotatable bonds is 8. The second-order valence-corrected chi connectivity index (χ2v) is 3.63. The van der Waals surface area contributed by atoms with Gasteiger partial charge in [-0.25, -0.2) is 4.79 Å². The molecule has 0 bridgehead atoms. The fourth-order valence-corrected chi connectivity index (χ4v) is 1.08. The molecule has 2 amide bonds. The first-order valence-corrected chi connectivity index (χ1v) is 5.44. The van der Waals surface area contributed by atoms with E-state index in [4.69, 9.17) is 9.47 Å². The van der Waals surface area contributed by atoms with E-state index in [-0.39, 0.29) is 6.03 Å². The standard InChI is InChI=1S/C10H20N2O3/c1-14-7-8-15-6-2-5-11-10(13)12-9-3-4-9/h9H,2-8H2,1H3,(H2,11,12,13). The maximum atomic E-state index is 11.1. The number of methoxy groups -OCH3 is 1. The first-order chi connectivity index (χ1) is 7.33. The highest BCUT2D eigenvalue weighted by Crippen LogP contribution is 2.18. The lowest BCUT2D eigenvalue weighted by atomic mass is 10.4. The SMILES string of the molecule is COCCOCCCNC(=O)NC1CC1. The fraction of sp³-hybridized carbons (Fsp3) is 0.900. The molecule has 0 spiro atoms. The van der Waals surface area contributed by atoms with E-state index >= 15 is 0 Å². The van der Waals surface area contributed by atoms with Gasteiger partial charge in [0.1, 0.15) is 0 Å². The van der Waals surface area contributed by atoms with E-state index in [1.54, 1.807) is 7.11 Å². The van der Waals surface area contributed by atoms with Gasteiger partial charge in [0.15, 0.2) is 0 Å². The number of carbonyl (C=O) groups excluding carboxylic acids is 1. The van der Waals surface area contributed by atoms with Crippen LogP contribution >= 0.6 is 0 Å². The highest BCUT2D eigenvalue weighted by atomic mass is 16.5. The summed E-state index contributed by atoms with van der Waals surface area (Å²) in [5.74, 6) is 0. The number of urea groups is 1. The van der Waals surface area contributed by atoms with E-state index in [1.807, 2.05) is 0 Å². The molecular formula is C10H20N2O3. The highest BCUT2D eigenvalue weighted by molar-refractivity contribution is 5.74. The molecule has 1 saturated carbocycles. The van der Waals surface area contributed by atoms with Crippen LogP contribution in [0.25, 0.3) is 0 Å². The second kappa shape index (κ2) is 7.48. The molecule has 15 heavy (non-hydrogen) atoms. The highest BCUT2D eigenvalue weighted by Gasteiger charge is 2.22. The second-order valence-electron chi connectivity index (χ2n) is 3.63. The Labute approximate surface area is 90.5 Å². The maximum Gasteiger partial charge on any atom is 0.315 e. The van der Waals surface area contributed by atoms with Crippen molar-refractivity contribution in [3.63, 3.8) is 0 Å². The number of amides is 2. The van der Waals surface area contributed by atoms with Crippen LogP contribution in [0.15, 0.2) is 0 Å². The van der Waals surface area contributed by atoms with Gasteiger partial charge < -0.3 is 20.1 Å². The molecule has 0 heterocycles. The molecule has 0 aromatic rings. The van der Waals surface area contributed by atoms with Gasteiger partial charge in [-0.1, -0.05) is 0 Å². The van der Waals surface area contributed by atoms with Crippen LogP contribution in [0.4, 0.5) is 4.79 Å². The van der Waals surface area contributed by atoms with Crippen molar-refractivity contribution in [1.82, 2.24) is 10.6 Å². The van der Waals surface area contributed by atoms with Crippen molar-refractivity contribution in [2.75, 3.05) is 33.5 Å². The summed E-state index contributed by atoms with van der Waals surface area (Å²) in [5, 5.41) is 5.64. The number of hydrogen-bond acceptors (Lipinski definition) is 3. The van der Waals surface area contributed by atoms with Crippen molar-refractivity contribution in [2.45, 2.75) is 25.3 Å². The summed E-state index contributed by atoms with van der Waals surface area (Å²) in [6.07, 6.45) is 3.07. The Bertz CT molecular complexity index is 184. The molecule has 5 heteroatoms. The number of nitrogens with one attached hydrogen (secondary N) is 2. The van der Waals surface area contributed by atoms with Crippen LogP contribution in [0.3, 0.4) is 0 Å². The van der Waals surface area contributed by atoms with Crippen molar-refractivity contribution in [2.24, 2.45) is 0 Å². The molecule has 0 atom stereocenters. The summed E-state index contributed by atoms with van der Waals surface area (Å²) in [4.78, 5) is 11.1. The molecule has 0 aromatic carbocycles. The molecule has 2 N–H and O–H groups in total. The lowest BCUT2D eigenvalue weighted by Gasteiger charge is -2.06. The van der Waals surface area contributed by atoms with Crippen LogP contribution in [-0.4, -0.2) is 45.5 Å².